The Labute approximate surface area is 129 Å². The molecule has 0 aromatic heterocycles. The van der Waals surface area contributed by atoms with Gasteiger partial charge < -0.3 is 4.74 Å². The smallest absolute Gasteiger partial charge is 0.115 e. The summed E-state index contributed by atoms with van der Waals surface area (Å²) in [5.74, 6) is 0. The van der Waals surface area contributed by atoms with Gasteiger partial charge in [-0.3, -0.25) is 4.90 Å². The van der Waals surface area contributed by atoms with Gasteiger partial charge in [-0.05, 0) is 31.7 Å². The van der Waals surface area contributed by atoms with E-state index in [-0.39, 0.29) is 18.6 Å². The molecule has 0 saturated carbocycles. The van der Waals surface area contributed by atoms with Gasteiger partial charge in [0.2, 0.25) is 0 Å². The fourth-order valence-corrected chi connectivity index (χ4v) is 2.65. The van der Waals surface area contributed by atoms with Crippen LogP contribution in [-0.2, 0) is 11.2 Å². The minimum absolute atomic E-state index is 0. The normalized spacial score (nSPS) is 19.1. The van der Waals surface area contributed by atoms with E-state index >= 15 is 0 Å². The maximum atomic E-state index is 6.27. The number of halogens is 1. The molecule has 0 bridgehead atoms. The van der Waals surface area contributed by atoms with E-state index < -0.39 is 0 Å². The topological polar surface area (TPSA) is 12.5 Å². The van der Waals surface area contributed by atoms with Gasteiger partial charge in [0.1, 0.15) is 6.23 Å². The van der Waals surface area contributed by atoms with Gasteiger partial charge in [0, 0.05) is 19.5 Å². The molecule has 0 spiro atoms. The predicted molar refractivity (Wildman–Crippen MR) is 87.4 cm³/mol. The standard InChI is InChI=1S/C17H27NO.ClH/c1-3-15(2)19-17(18-12-8-5-9-13-18)14-16-10-6-4-7-11-16;/h4,6-7,10-11,15,17H,3,5,8-9,12-14H2,1-2H3;1H. The number of rotatable bonds is 6. The summed E-state index contributed by atoms with van der Waals surface area (Å²) in [7, 11) is 0. The largest absolute Gasteiger partial charge is 0.360 e. The van der Waals surface area contributed by atoms with Crippen LogP contribution in [0.3, 0.4) is 0 Å². The Hall–Kier alpha value is -0.570. The molecule has 1 fully saturated rings. The average Bonchev–Trinajstić information content (AvgIpc) is 2.48. The number of benzene rings is 1. The molecule has 1 aromatic rings. The summed E-state index contributed by atoms with van der Waals surface area (Å²) in [5.41, 5.74) is 1.38. The van der Waals surface area contributed by atoms with E-state index in [1.54, 1.807) is 0 Å². The molecule has 1 saturated heterocycles. The van der Waals surface area contributed by atoms with E-state index in [1.807, 2.05) is 0 Å². The highest BCUT2D eigenvalue weighted by atomic mass is 35.5. The zero-order valence-electron chi connectivity index (χ0n) is 12.8. The van der Waals surface area contributed by atoms with Gasteiger partial charge in [0.05, 0.1) is 6.10 Å². The highest BCUT2D eigenvalue weighted by Crippen LogP contribution is 2.18. The first-order valence-electron chi connectivity index (χ1n) is 7.73. The second-order valence-electron chi connectivity index (χ2n) is 5.60. The van der Waals surface area contributed by atoms with Gasteiger partial charge in [-0.2, -0.15) is 0 Å². The van der Waals surface area contributed by atoms with Crippen LogP contribution in [0.25, 0.3) is 0 Å². The fourth-order valence-electron chi connectivity index (χ4n) is 2.65. The highest BCUT2D eigenvalue weighted by molar-refractivity contribution is 5.85. The SMILES string of the molecule is CCC(C)OC(Cc1ccccc1)N1CCCCC1.Cl. The number of piperidine rings is 1. The lowest BCUT2D eigenvalue weighted by Gasteiger charge is -2.36. The van der Waals surface area contributed by atoms with Gasteiger partial charge in [-0.1, -0.05) is 43.7 Å². The van der Waals surface area contributed by atoms with Crippen LogP contribution in [0.4, 0.5) is 0 Å². The Morgan fingerprint density at radius 1 is 1.10 bits per heavy atom. The van der Waals surface area contributed by atoms with Gasteiger partial charge in [-0.15, -0.1) is 12.4 Å². The lowest BCUT2D eigenvalue weighted by atomic mass is 10.1. The first-order valence-corrected chi connectivity index (χ1v) is 7.73. The summed E-state index contributed by atoms with van der Waals surface area (Å²) in [6.45, 7) is 6.75. The maximum Gasteiger partial charge on any atom is 0.115 e. The maximum absolute atomic E-state index is 6.27. The van der Waals surface area contributed by atoms with Crippen molar-refractivity contribution >= 4 is 12.4 Å². The van der Waals surface area contributed by atoms with E-state index in [0.717, 1.165) is 12.8 Å². The lowest BCUT2D eigenvalue weighted by molar-refractivity contribution is -0.0993. The van der Waals surface area contributed by atoms with Crippen LogP contribution in [0.2, 0.25) is 0 Å². The molecular formula is C17H28ClNO. The van der Waals surface area contributed by atoms with Crippen molar-refractivity contribution in [1.29, 1.82) is 0 Å². The Bertz CT molecular complexity index is 351. The quantitative estimate of drug-likeness (QED) is 0.777. The third kappa shape index (κ3) is 5.43. The molecule has 1 aromatic carbocycles. The average molecular weight is 298 g/mol. The third-order valence-corrected chi connectivity index (χ3v) is 4.02. The Kier molecular flexibility index (Phi) is 8.20. The molecule has 3 heteroatoms. The number of nitrogens with zero attached hydrogens (tertiary/aromatic N) is 1. The fraction of sp³-hybridized carbons (Fsp3) is 0.647. The van der Waals surface area contributed by atoms with Crippen LogP contribution >= 0.6 is 12.4 Å². The zero-order valence-corrected chi connectivity index (χ0v) is 13.6. The summed E-state index contributed by atoms with van der Waals surface area (Å²) in [6.07, 6.45) is 6.68. The molecule has 1 aliphatic heterocycles. The first-order chi connectivity index (χ1) is 9.29. The molecule has 2 nitrogen and oxygen atoms in total. The Balaban J connectivity index is 0.00000200. The van der Waals surface area contributed by atoms with Crippen LogP contribution in [0.5, 0.6) is 0 Å². The summed E-state index contributed by atoms with van der Waals surface area (Å²) in [6, 6.07) is 10.7. The van der Waals surface area contributed by atoms with Crippen molar-refractivity contribution in [2.45, 2.75) is 58.3 Å². The highest BCUT2D eigenvalue weighted by Gasteiger charge is 2.22. The second-order valence-corrected chi connectivity index (χ2v) is 5.60. The van der Waals surface area contributed by atoms with Gasteiger partial charge in [0.25, 0.3) is 0 Å². The summed E-state index contributed by atoms with van der Waals surface area (Å²) >= 11 is 0. The number of hydrogen-bond donors (Lipinski definition) is 0. The Morgan fingerprint density at radius 3 is 2.35 bits per heavy atom. The van der Waals surface area contributed by atoms with Gasteiger partial charge >= 0.3 is 0 Å². The van der Waals surface area contributed by atoms with Crippen molar-refractivity contribution in [2.24, 2.45) is 0 Å². The molecular weight excluding hydrogens is 270 g/mol. The van der Waals surface area contributed by atoms with Crippen LogP contribution in [0, 0.1) is 0 Å². The van der Waals surface area contributed by atoms with Crippen molar-refractivity contribution in [3.05, 3.63) is 35.9 Å². The molecule has 0 amide bonds. The minimum atomic E-state index is 0. The number of hydrogen-bond acceptors (Lipinski definition) is 2. The third-order valence-electron chi connectivity index (χ3n) is 4.02. The van der Waals surface area contributed by atoms with Crippen molar-refractivity contribution in [1.82, 2.24) is 4.90 Å². The number of likely N-dealkylation sites (tertiary alicyclic amines) is 1. The molecule has 1 aliphatic rings. The van der Waals surface area contributed by atoms with Crippen LogP contribution < -0.4 is 0 Å². The van der Waals surface area contributed by atoms with Crippen LogP contribution in [0.1, 0.15) is 45.1 Å². The summed E-state index contributed by atoms with van der Waals surface area (Å²) in [5, 5.41) is 0. The van der Waals surface area contributed by atoms with Crippen molar-refractivity contribution in [2.75, 3.05) is 13.1 Å². The molecule has 2 atom stereocenters. The van der Waals surface area contributed by atoms with Gasteiger partial charge in [0.15, 0.2) is 0 Å². The molecule has 2 rings (SSSR count). The second kappa shape index (κ2) is 9.38. The Morgan fingerprint density at radius 2 is 1.75 bits per heavy atom. The van der Waals surface area contributed by atoms with Crippen molar-refractivity contribution < 1.29 is 4.74 Å². The summed E-state index contributed by atoms with van der Waals surface area (Å²) in [4.78, 5) is 2.53. The molecule has 1 heterocycles. The van der Waals surface area contributed by atoms with E-state index in [2.05, 4.69) is 49.1 Å². The minimum Gasteiger partial charge on any atom is -0.360 e. The molecule has 0 radical (unpaired) electrons. The van der Waals surface area contributed by atoms with Crippen molar-refractivity contribution in [3.63, 3.8) is 0 Å². The molecule has 20 heavy (non-hydrogen) atoms. The molecule has 0 N–H and O–H groups in total. The van der Waals surface area contributed by atoms with Crippen molar-refractivity contribution in [3.8, 4) is 0 Å². The van der Waals surface area contributed by atoms with Gasteiger partial charge in [-0.25, -0.2) is 0 Å². The summed E-state index contributed by atoms with van der Waals surface area (Å²) < 4.78 is 6.27. The zero-order chi connectivity index (χ0) is 13.5. The van der Waals surface area contributed by atoms with Crippen LogP contribution in [-0.4, -0.2) is 30.3 Å². The monoisotopic (exact) mass is 297 g/mol. The van der Waals surface area contributed by atoms with E-state index in [1.165, 1.54) is 37.9 Å². The van der Waals surface area contributed by atoms with Crippen LogP contribution in [0.15, 0.2) is 30.3 Å². The van der Waals surface area contributed by atoms with E-state index in [9.17, 15) is 0 Å². The molecule has 0 aliphatic carbocycles. The van der Waals surface area contributed by atoms with E-state index in [4.69, 9.17) is 4.74 Å². The lowest BCUT2D eigenvalue weighted by Crippen LogP contribution is -2.43. The first kappa shape index (κ1) is 17.5. The van der Waals surface area contributed by atoms with E-state index in [0.29, 0.717) is 6.10 Å². The predicted octanol–water partition coefficient (Wildman–Crippen LogP) is 4.28. The number of ether oxygens (including phenoxy) is 1. The molecule has 114 valence electrons. The molecule has 2 unspecified atom stereocenters.